The molecule has 1 aromatic rings. The average Bonchev–Trinajstić information content (AvgIpc) is 2.59. The zero-order valence-corrected chi connectivity index (χ0v) is 15.8. The molecule has 3 rings (SSSR count). The van der Waals surface area contributed by atoms with E-state index in [4.69, 9.17) is 4.74 Å². The molecule has 2 heterocycles. The number of hydrogen-bond acceptors (Lipinski definition) is 3. The van der Waals surface area contributed by atoms with Crippen LogP contribution in [0.5, 0.6) is 5.75 Å². The van der Waals surface area contributed by atoms with E-state index in [-0.39, 0.29) is 5.91 Å². The van der Waals surface area contributed by atoms with Crippen LogP contribution in [0.3, 0.4) is 0 Å². The van der Waals surface area contributed by atoms with Gasteiger partial charge in [-0.05, 0) is 56.2 Å². The summed E-state index contributed by atoms with van der Waals surface area (Å²) in [4.78, 5) is 16.1. The van der Waals surface area contributed by atoms with Crippen LogP contribution in [0.25, 0.3) is 0 Å². The Balaban J connectivity index is 1.67. The molecule has 2 aliphatic rings. The Morgan fingerprint density at radius 1 is 1.08 bits per heavy atom. The third kappa shape index (κ3) is 4.75. The Kier molecular flexibility index (Phi) is 6.00. The number of likely N-dealkylation sites (tertiary alicyclic amines) is 1. The van der Waals surface area contributed by atoms with Crippen LogP contribution in [0.2, 0.25) is 0 Å². The Hall–Kier alpha value is -1.55. The predicted molar refractivity (Wildman–Crippen MR) is 101 cm³/mol. The van der Waals surface area contributed by atoms with Crippen molar-refractivity contribution in [3.63, 3.8) is 0 Å². The number of rotatable bonds is 0. The SMILES string of the molecule is CC(=O)N1CCC2(CCCCc3ccccc3OCCN(C)C2)CC1. The van der Waals surface area contributed by atoms with E-state index in [1.54, 1.807) is 6.92 Å². The number of likely N-dealkylation sites (N-methyl/N-ethyl adjacent to an activating group) is 1. The number of amides is 1. The molecule has 138 valence electrons. The topological polar surface area (TPSA) is 32.8 Å². The molecular formula is C21H32N2O2. The predicted octanol–water partition coefficient (Wildman–Crippen LogP) is 3.35. The molecule has 1 aromatic carbocycles. The summed E-state index contributed by atoms with van der Waals surface area (Å²) in [6.45, 7) is 6.34. The summed E-state index contributed by atoms with van der Waals surface area (Å²) in [7, 11) is 2.21. The second-order valence-corrected chi connectivity index (χ2v) is 7.91. The first-order valence-electron chi connectivity index (χ1n) is 9.73. The van der Waals surface area contributed by atoms with Gasteiger partial charge in [0.2, 0.25) is 5.91 Å². The van der Waals surface area contributed by atoms with Crippen molar-refractivity contribution in [3.8, 4) is 5.75 Å². The van der Waals surface area contributed by atoms with Gasteiger partial charge >= 0.3 is 0 Å². The minimum Gasteiger partial charge on any atom is -0.492 e. The van der Waals surface area contributed by atoms with E-state index in [1.807, 2.05) is 4.90 Å². The molecule has 0 atom stereocenters. The van der Waals surface area contributed by atoms with Crippen LogP contribution < -0.4 is 4.74 Å². The molecule has 1 amide bonds. The minimum atomic E-state index is 0.223. The summed E-state index contributed by atoms with van der Waals surface area (Å²) in [5.41, 5.74) is 1.70. The fourth-order valence-corrected chi connectivity index (χ4v) is 4.41. The molecule has 1 fully saturated rings. The molecule has 4 nitrogen and oxygen atoms in total. The highest BCUT2D eigenvalue weighted by molar-refractivity contribution is 5.73. The molecule has 0 N–H and O–H groups in total. The van der Waals surface area contributed by atoms with Gasteiger partial charge in [-0.15, -0.1) is 0 Å². The normalized spacial score (nSPS) is 22.4. The van der Waals surface area contributed by atoms with Crippen molar-refractivity contribution in [2.45, 2.75) is 45.4 Å². The molecular weight excluding hydrogens is 312 g/mol. The van der Waals surface area contributed by atoms with Gasteiger partial charge in [-0.2, -0.15) is 0 Å². The number of aryl methyl sites for hydroxylation is 1. The number of para-hydroxylation sites is 1. The molecule has 1 spiro atoms. The number of fused-ring (bicyclic) bond motifs is 1. The minimum absolute atomic E-state index is 0.223. The largest absolute Gasteiger partial charge is 0.492 e. The first-order chi connectivity index (χ1) is 12.1. The molecule has 2 aliphatic heterocycles. The van der Waals surface area contributed by atoms with Crippen molar-refractivity contribution in [1.82, 2.24) is 9.80 Å². The van der Waals surface area contributed by atoms with E-state index >= 15 is 0 Å². The maximum atomic E-state index is 11.7. The van der Waals surface area contributed by atoms with E-state index in [2.05, 4.69) is 36.2 Å². The Labute approximate surface area is 152 Å². The Morgan fingerprint density at radius 2 is 1.84 bits per heavy atom. The lowest BCUT2D eigenvalue weighted by Gasteiger charge is -2.44. The van der Waals surface area contributed by atoms with Gasteiger partial charge in [-0.3, -0.25) is 4.79 Å². The van der Waals surface area contributed by atoms with Crippen molar-refractivity contribution >= 4 is 5.91 Å². The number of ether oxygens (including phenoxy) is 1. The number of carbonyl (C=O) groups excluding carboxylic acids is 1. The van der Waals surface area contributed by atoms with Crippen LogP contribution in [0.4, 0.5) is 0 Å². The standard InChI is InChI=1S/C21H32N2O2/c1-18(24)23-13-11-21(12-14-23)10-6-5-8-19-7-3-4-9-20(19)25-16-15-22(2)17-21/h3-4,7,9H,5-6,8,10-17H2,1-2H3. The maximum Gasteiger partial charge on any atom is 0.219 e. The molecule has 0 aliphatic carbocycles. The summed E-state index contributed by atoms with van der Waals surface area (Å²) in [6, 6.07) is 8.47. The molecule has 0 aromatic heterocycles. The van der Waals surface area contributed by atoms with Crippen molar-refractivity contribution in [2.24, 2.45) is 5.41 Å². The second-order valence-electron chi connectivity index (χ2n) is 7.91. The first-order valence-corrected chi connectivity index (χ1v) is 9.73. The summed E-state index contributed by atoms with van der Waals surface area (Å²) in [6.07, 6.45) is 7.10. The lowest BCUT2D eigenvalue weighted by Crippen LogP contribution is -2.47. The highest BCUT2D eigenvalue weighted by Crippen LogP contribution is 2.38. The zero-order valence-electron chi connectivity index (χ0n) is 15.8. The molecule has 0 saturated carbocycles. The maximum absolute atomic E-state index is 11.7. The quantitative estimate of drug-likeness (QED) is 0.723. The van der Waals surface area contributed by atoms with E-state index in [1.165, 1.54) is 24.8 Å². The Bertz CT molecular complexity index is 579. The smallest absolute Gasteiger partial charge is 0.219 e. The van der Waals surface area contributed by atoms with Gasteiger partial charge in [0.25, 0.3) is 0 Å². The third-order valence-corrected chi connectivity index (χ3v) is 5.98. The molecule has 0 bridgehead atoms. The molecule has 0 unspecified atom stereocenters. The van der Waals surface area contributed by atoms with E-state index < -0.39 is 0 Å². The van der Waals surface area contributed by atoms with Crippen LogP contribution in [0.15, 0.2) is 24.3 Å². The summed E-state index contributed by atoms with van der Waals surface area (Å²) in [5.74, 6) is 1.28. The van der Waals surface area contributed by atoms with Crippen molar-refractivity contribution in [1.29, 1.82) is 0 Å². The number of nitrogens with zero attached hydrogens (tertiary/aromatic N) is 2. The van der Waals surface area contributed by atoms with Gasteiger partial charge in [-0.1, -0.05) is 24.6 Å². The number of hydrogen-bond donors (Lipinski definition) is 0. The number of carbonyl (C=O) groups is 1. The molecule has 0 radical (unpaired) electrons. The lowest BCUT2D eigenvalue weighted by molar-refractivity contribution is -0.131. The van der Waals surface area contributed by atoms with Gasteiger partial charge in [-0.25, -0.2) is 0 Å². The number of benzene rings is 1. The van der Waals surface area contributed by atoms with Gasteiger partial charge in [0, 0.05) is 33.1 Å². The first kappa shape index (κ1) is 18.2. The van der Waals surface area contributed by atoms with E-state index in [0.29, 0.717) is 5.41 Å². The lowest BCUT2D eigenvalue weighted by atomic mass is 9.73. The van der Waals surface area contributed by atoms with Gasteiger partial charge in [0.05, 0.1) is 0 Å². The van der Waals surface area contributed by atoms with Crippen LogP contribution in [0.1, 0.15) is 44.6 Å². The molecule has 25 heavy (non-hydrogen) atoms. The highest BCUT2D eigenvalue weighted by atomic mass is 16.5. The fourth-order valence-electron chi connectivity index (χ4n) is 4.41. The van der Waals surface area contributed by atoms with Gasteiger partial charge in [0.15, 0.2) is 0 Å². The third-order valence-electron chi connectivity index (χ3n) is 5.98. The fraction of sp³-hybridized carbons (Fsp3) is 0.667. The average molecular weight is 344 g/mol. The van der Waals surface area contributed by atoms with Crippen LogP contribution >= 0.6 is 0 Å². The summed E-state index contributed by atoms with van der Waals surface area (Å²) >= 11 is 0. The van der Waals surface area contributed by atoms with Crippen LogP contribution in [-0.4, -0.2) is 55.5 Å². The van der Waals surface area contributed by atoms with Gasteiger partial charge < -0.3 is 14.5 Å². The molecule has 4 heteroatoms. The summed E-state index contributed by atoms with van der Waals surface area (Å²) in [5, 5.41) is 0. The highest BCUT2D eigenvalue weighted by Gasteiger charge is 2.35. The van der Waals surface area contributed by atoms with Crippen molar-refractivity contribution in [3.05, 3.63) is 29.8 Å². The van der Waals surface area contributed by atoms with Crippen LogP contribution in [-0.2, 0) is 11.2 Å². The van der Waals surface area contributed by atoms with Crippen LogP contribution in [0, 0.1) is 5.41 Å². The van der Waals surface area contributed by atoms with E-state index in [0.717, 1.165) is 57.8 Å². The van der Waals surface area contributed by atoms with Crippen molar-refractivity contribution < 1.29 is 9.53 Å². The van der Waals surface area contributed by atoms with Crippen molar-refractivity contribution in [2.75, 3.05) is 39.8 Å². The molecule has 1 saturated heterocycles. The monoisotopic (exact) mass is 344 g/mol. The second kappa shape index (κ2) is 8.22. The van der Waals surface area contributed by atoms with Gasteiger partial charge in [0.1, 0.15) is 12.4 Å². The summed E-state index contributed by atoms with van der Waals surface area (Å²) < 4.78 is 6.06. The Morgan fingerprint density at radius 3 is 2.60 bits per heavy atom. The number of piperidine rings is 1. The zero-order chi connectivity index (χ0) is 17.7. The van der Waals surface area contributed by atoms with E-state index in [9.17, 15) is 4.79 Å².